The first-order chi connectivity index (χ1) is 10.2. The highest BCUT2D eigenvalue weighted by molar-refractivity contribution is 9.09. The molecule has 112 valence electrons. The summed E-state index contributed by atoms with van der Waals surface area (Å²) >= 11 is 3.80. The SMILES string of the molecule is CCCCc1ccc(C(Br)Cc2ccc(OC)cc2)cc1. The second kappa shape index (κ2) is 8.23. The number of alkyl halides is 1. The molecule has 0 N–H and O–H groups in total. The van der Waals surface area contributed by atoms with E-state index in [-0.39, 0.29) is 0 Å². The first kappa shape index (κ1) is 16.1. The average Bonchev–Trinajstić information content (AvgIpc) is 2.54. The smallest absolute Gasteiger partial charge is 0.118 e. The van der Waals surface area contributed by atoms with Crippen molar-refractivity contribution in [3.8, 4) is 5.75 Å². The molecule has 0 bridgehead atoms. The zero-order valence-corrected chi connectivity index (χ0v) is 14.4. The summed E-state index contributed by atoms with van der Waals surface area (Å²) in [5.74, 6) is 0.908. The van der Waals surface area contributed by atoms with Crippen LogP contribution >= 0.6 is 15.9 Å². The highest BCUT2D eigenvalue weighted by atomic mass is 79.9. The van der Waals surface area contributed by atoms with E-state index in [0.717, 1.165) is 12.2 Å². The lowest BCUT2D eigenvalue weighted by atomic mass is 10.0. The summed E-state index contributed by atoms with van der Waals surface area (Å²) in [5, 5.41) is 0. The van der Waals surface area contributed by atoms with E-state index >= 15 is 0 Å². The molecule has 2 heteroatoms. The minimum absolute atomic E-state index is 0.353. The first-order valence-electron chi connectivity index (χ1n) is 7.58. The van der Waals surface area contributed by atoms with Crippen molar-refractivity contribution in [2.45, 2.75) is 37.4 Å². The summed E-state index contributed by atoms with van der Waals surface area (Å²) in [6.07, 6.45) is 4.68. The van der Waals surface area contributed by atoms with Crippen molar-refractivity contribution >= 4 is 15.9 Å². The molecule has 0 amide bonds. The maximum absolute atomic E-state index is 5.19. The van der Waals surface area contributed by atoms with Gasteiger partial charge in [-0.25, -0.2) is 0 Å². The number of rotatable bonds is 7. The minimum atomic E-state index is 0.353. The molecular formula is C19H23BrO. The summed E-state index contributed by atoms with van der Waals surface area (Å²) < 4.78 is 5.19. The van der Waals surface area contributed by atoms with Crippen molar-refractivity contribution in [3.05, 3.63) is 65.2 Å². The maximum Gasteiger partial charge on any atom is 0.118 e. The van der Waals surface area contributed by atoms with Crippen LogP contribution in [0.5, 0.6) is 5.75 Å². The van der Waals surface area contributed by atoms with Gasteiger partial charge in [-0.15, -0.1) is 0 Å². The standard InChI is InChI=1S/C19H23BrO/c1-3-4-5-15-6-10-17(11-7-15)19(20)14-16-8-12-18(21-2)13-9-16/h6-13,19H,3-5,14H2,1-2H3. The molecule has 0 saturated carbocycles. The summed E-state index contributed by atoms with van der Waals surface area (Å²) in [4.78, 5) is 0.353. The van der Waals surface area contributed by atoms with Gasteiger partial charge in [0.05, 0.1) is 7.11 Å². The molecule has 0 aromatic heterocycles. The van der Waals surface area contributed by atoms with Gasteiger partial charge in [-0.1, -0.05) is 65.7 Å². The quantitative estimate of drug-likeness (QED) is 0.582. The highest BCUT2D eigenvalue weighted by Gasteiger charge is 2.08. The van der Waals surface area contributed by atoms with Gasteiger partial charge in [-0.05, 0) is 48.1 Å². The predicted molar refractivity (Wildman–Crippen MR) is 93.4 cm³/mol. The van der Waals surface area contributed by atoms with E-state index in [1.807, 2.05) is 12.1 Å². The Morgan fingerprint density at radius 2 is 1.57 bits per heavy atom. The third kappa shape index (κ3) is 4.89. The summed E-state index contributed by atoms with van der Waals surface area (Å²) in [6, 6.07) is 17.3. The van der Waals surface area contributed by atoms with Crippen molar-refractivity contribution in [1.82, 2.24) is 0 Å². The molecule has 1 unspecified atom stereocenters. The number of methoxy groups -OCH3 is 1. The molecule has 0 spiro atoms. The van der Waals surface area contributed by atoms with E-state index in [1.165, 1.54) is 36.0 Å². The number of unbranched alkanes of at least 4 members (excludes halogenated alkanes) is 1. The van der Waals surface area contributed by atoms with Crippen molar-refractivity contribution in [2.24, 2.45) is 0 Å². The summed E-state index contributed by atoms with van der Waals surface area (Å²) in [5.41, 5.74) is 4.09. The highest BCUT2D eigenvalue weighted by Crippen LogP contribution is 2.28. The molecule has 0 aliphatic heterocycles. The summed E-state index contributed by atoms with van der Waals surface area (Å²) in [6.45, 7) is 2.23. The zero-order chi connectivity index (χ0) is 15.1. The molecule has 0 fully saturated rings. The molecule has 0 saturated heterocycles. The monoisotopic (exact) mass is 346 g/mol. The average molecular weight is 347 g/mol. The van der Waals surface area contributed by atoms with Crippen LogP contribution in [0.1, 0.15) is 41.3 Å². The van der Waals surface area contributed by atoms with Gasteiger partial charge in [0.25, 0.3) is 0 Å². The maximum atomic E-state index is 5.19. The fraction of sp³-hybridized carbons (Fsp3) is 0.368. The number of aryl methyl sites for hydroxylation is 1. The molecule has 1 atom stereocenters. The molecule has 0 aliphatic rings. The van der Waals surface area contributed by atoms with Crippen LogP contribution in [0, 0.1) is 0 Å². The van der Waals surface area contributed by atoms with E-state index in [0.29, 0.717) is 4.83 Å². The second-order valence-electron chi connectivity index (χ2n) is 5.36. The van der Waals surface area contributed by atoms with Gasteiger partial charge in [0.15, 0.2) is 0 Å². The van der Waals surface area contributed by atoms with E-state index < -0.39 is 0 Å². The molecule has 0 aliphatic carbocycles. The normalized spacial score (nSPS) is 12.1. The molecule has 2 aromatic rings. The Morgan fingerprint density at radius 1 is 0.952 bits per heavy atom. The predicted octanol–water partition coefficient (Wildman–Crippen LogP) is 5.72. The Hall–Kier alpha value is -1.28. The molecular weight excluding hydrogens is 324 g/mol. The van der Waals surface area contributed by atoms with E-state index in [9.17, 15) is 0 Å². The van der Waals surface area contributed by atoms with Crippen molar-refractivity contribution in [2.75, 3.05) is 7.11 Å². The summed E-state index contributed by atoms with van der Waals surface area (Å²) in [7, 11) is 1.70. The van der Waals surface area contributed by atoms with Gasteiger partial charge < -0.3 is 4.74 Å². The Bertz CT molecular complexity index is 530. The van der Waals surface area contributed by atoms with Crippen LogP contribution in [0.4, 0.5) is 0 Å². The fourth-order valence-corrected chi connectivity index (χ4v) is 3.04. The van der Waals surface area contributed by atoms with Crippen LogP contribution in [-0.2, 0) is 12.8 Å². The lowest BCUT2D eigenvalue weighted by Crippen LogP contribution is -1.96. The van der Waals surface area contributed by atoms with Crippen LogP contribution in [0.15, 0.2) is 48.5 Å². The van der Waals surface area contributed by atoms with Crippen LogP contribution < -0.4 is 4.74 Å². The van der Waals surface area contributed by atoms with Crippen LogP contribution in [0.3, 0.4) is 0 Å². The van der Waals surface area contributed by atoms with E-state index in [4.69, 9.17) is 4.74 Å². The minimum Gasteiger partial charge on any atom is -0.497 e. The van der Waals surface area contributed by atoms with Crippen LogP contribution in [0.2, 0.25) is 0 Å². The number of hydrogen-bond acceptors (Lipinski definition) is 1. The molecule has 1 nitrogen and oxygen atoms in total. The van der Waals surface area contributed by atoms with E-state index in [1.54, 1.807) is 7.11 Å². The Labute approximate surface area is 136 Å². The molecule has 0 heterocycles. The number of ether oxygens (including phenoxy) is 1. The van der Waals surface area contributed by atoms with Gasteiger partial charge in [-0.3, -0.25) is 0 Å². The Balaban J connectivity index is 1.96. The number of hydrogen-bond donors (Lipinski definition) is 0. The first-order valence-corrected chi connectivity index (χ1v) is 8.50. The largest absolute Gasteiger partial charge is 0.497 e. The fourth-order valence-electron chi connectivity index (χ4n) is 2.36. The van der Waals surface area contributed by atoms with Crippen molar-refractivity contribution in [3.63, 3.8) is 0 Å². The van der Waals surface area contributed by atoms with Gasteiger partial charge in [-0.2, -0.15) is 0 Å². The second-order valence-corrected chi connectivity index (χ2v) is 6.47. The van der Waals surface area contributed by atoms with Gasteiger partial charge >= 0.3 is 0 Å². The Kier molecular flexibility index (Phi) is 6.31. The van der Waals surface area contributed by atoms with E-state index in [2.05, 4.69) is 59.3 Å². The van der Waals surface area contributed by atoms with Crippen molar-refractivity contribution < 1.29 is 4.74 Å². The van der Waals surface area contributed by atoms with Gasteiger partial charge in [0.2, 0.25) is 0 Å². The van der Waals surface area contributed by atoms with Gasteiger partial charge in [0.1, 0.15) is 5.75 Å². The lowest BCUT2D eigenvalue weighted by molar-refractivity contribution is 0.414. The molecule has 2 rings (SSSR count). The lowest BCUT2D eigenvalue weighted by Gasteiger charge is -2.12. The third-order valence-corrected chi connectivity index (χ3v) is 4.59. The number of halogens is 1. The molecule has 2 aromatic carbocycles. The van der Waals surface area contributed by atoms with Gasteiger partial charge in [0, 0.05) is 4.83 Å². The molecule has 21 heavy (non-hydrogen) atoms. The van der Waals surface area contributed by atoms with Crippen LogP contribution in [-0.4, -0.2) is 7.11 Å². The molecule has 0 radical (unpaired) electrons. The third-order valence-electron chi connectivity index (χ3n) is 3.73. The van der Waals surface area contributed by atoms with Crippen molar-refractivity contribution in [1.29, 1.82) is 0 Å². The zero-order valence-electron chi connectivity index (χ0n) is 12.8. The van der Waals surface area contributed by atoms with Crippen LogP contribution in [0.25, 0.3) is 0 Å². The number of benzene rings is 2. The topological polar surface area (TPSA) is 9.23 Å². The Morgan fingerprint density at radius 3 is 2.14 bits per heavy atom.